The molecular weight excluding hydrogens is 318 g/mol. The van der Waals surface area contributed by atoms with Crippen LogP contribution in [0.4, 0.5) is 0 Å². The highest BCUT2D eigenvalue weighted by Crippen LogP contribution is 2.20. The Kier molecular flexibility index (Phi) is 5.77. The molecule has 25 heavy (non-hydrogen) atoms. The molecule has 1 saturated heterocycles. The Bertz CT molecular complexity index is 687. The summed E-state index contributed by atoms with van der Waals surface area (Å²) in [6.07, 6.45) is 6.86. The summed E-state index contributed by atoms with van der Waals surface area (Å²) in [5, 5.41) is 6.94. The van der Waals surface area contributed by atoms with Crippen LogP contribution in [0.3, 0.4) is 0 Å². The molecule has 1 aliphatic heterocycles. The van der Waals surface area contributed by atoms with Gasteiger partial charge in [-0.05, 0) is 37.8 Å². The molecule has 7 nitrogen and oxygen atoms in total. The molecule has 0 bridgehead atoms. The predicted octanol–water partition coefficient (Wildman–Crippen LogP) is 1.48. The largest absolute Gasteiger partial charge is 0.352 e. The third-order valence-electron chi connectivity index (χ3n) is 4.51. The summed E-state index contributed by atoms with van der Waals surface area (Å²) in [4.78, 5) is 30.4. The van der Waals surface area contributed by atoms with Crippen LogP contribution in [0.1, 0.15) is 36.0 Å². The zero-order valence-corrected chi connectivity index (χ0v) is 14.2. The van der Waals surface area contributed by atoms with E-state index in [1.165, 1.54) is 6.33 Å². The second-order valence-electron chi connectivity index (χ2n) is 6.24. The maximum Gasteiger partial charge on any atom is 0.251 e. The lowest BCUT2D eigenvalue weighted by molar-refractivity contribution is -0.135. The van der Waals surface area contributed by atoms with Crippen LogP contribution in [0.5, 0.6) is 0 Å². The van der Waals surface area contributed by atoms with Crippen molar-refractivity contribution >= 4 is 11.8 Å². The molecule has 1 aliphatic rings. The number of nitrogens with zero attached hydrogens (tertiary/aromatic N) is 4. The van der Waals surface area contributed by atoms with Crippen LogP contribution in [-0.2, 0) is 11.3 Å². The molecule has 0 radical (unpaired) electrons. The Morgan fingerprint density at radius 1 is 1.20 bits per heavy atom. The van der Waals surface area contributed by atoms with Gasteiger partial charge in [0.05, 0.1) is 0 Å². The average molecular weight is 341 g/mol. The number of carbonyl (C=O) groups is 2. The lowest BCUT2D eigenvalue weighted by atomic mass is 9.99. The minimum Gasteiger partial charge on any atom is -0.352 e. The normalized spacial score (nSPS) is 17.3. The molecule has 3 rings (SSSR count). The maximum absolute atomic E-state index is 12.5. The quantitative estimate of drug-likeness (QED) is 0.863. The van der Waals surface area contributed by atoms with Crippen molar-refractivity contribution in [2.75, 3.05) is 13.1 Å². The van der Waals surface area contributed by atoms with E-state index >= 15 is 0 Å². The van der Waals surface area contributed by atoms with E-state index in [2.05, 4.69) is 15.4 Å². The van der Waals surface area contributed by atoms with Crippen molar-refractivity contribution in [3.8, 4) is 0 Å². The van der Waals surface area contributed by atoms with Crippen LogP contribution >= 0.6 is 0 Å². The second-order valence-corrected chi connectivity index (χ2v) is 6.24. The molecular formula is C18H23N5O2. The molecule has 0 spiro atoms. The second kappa shape index (κ2) is 8.41. The average Bonchev–Trinajstić information content (AvgIpc) is 3.15. The molecule has 2 heterocycles. The van der Waals surface area contributed by atoms with Crippen molar-refractivity contribution in [1.29, 1.82) is 0 Å². The minimum absolute atomic E-state index is 0.0598. The smallest absolute Gasteiger partial charge is 0.251 e. The standard InChI is InChI=1S/C18H23N5O2/c24-17(12-22-14-19-13-21-22)23-11-5-4-8-16(23)9-10-20-18(25)15-6-2-1-3-7-15/h1-3,6-7,13-14,16H,4-5,8-12H2,(H,20,25). The third-order valence-corrected chi connectivity index (χ3v) is 4.51. The van der Waals surface area contributed by atoms with E-state index in [-0.39, 0.29) is 24.4 Å². The van der Waals surface area contributed by atoms with Gasteiger partial charge >= 0.3 is 0 Å². The number of amides is 2. The number of nitrogens with one attached hydrogen (secondary N) is 1. The molecule has 1 atom stereocenters. The van der Waals surface area contributed by atoms with Crippen LogP contribution in [0.25, 0.3) is 0 Å². The van der Waals surface area contributed by atoms with Crippen LogP contribution in [0, 0.1) is 0 Å². The van der Waals surface area contributed by atoms with Gasteiger partial charge in [0.1, 0.15) is 19.2 Å². The van der Waals surface area contributed by atoms with E-state index < -0.39 is 0 Å². The Balaban J connectivity index is 1.51. The van der Waals surface area contributed by atoms with E-state index in [1.54, 1.807) is 23.1 Å². The number of hydrogen-bond acceptors (Lipinski definition) is 4. The van der Waals surface area contributed by atoms with E-state index in [9.17, 15) is 9.59 Å². The van der Waals surface area contributed by atoms with Gasteiger partial charge in [-0.2, -0.15) is 5.10 Å². The first-order chi connectivity index (χ1) is 12.2. The summed E-state index contributed by atoms with van der Waals surface area (Å²) in [6, 6.07) is 9.34. The molecule has 132 valence electrons. The third kappa shape index (κ3) is 4.65. The first-order valence-corrected chi connectivity index (χ1v) is 8.69. The summed E-state index contributed by atoms with van der Waals surface area (Å²) in [5.41, 5.74) is 0.658. The van der Waals surface area contributed by atoms with E-state index in [0.717, 1.165) is 32.2 Å². The van der Waals surface area contributed by atoms with Gasteiger partial charge in [-0.3, -0.25) is 9.59 Å². The monoisotopic (exact) mass is 341 g/mol. The van der Waals surface area contributed by atoms with Crippen molar-refractivity contribution in [2.24, 2.45) is 0 Å². The van der Waals surface area contributed by atoms with Gasteiger partial charge in [0, 0.05) is 24.7 Å². The van der Waals surface area contributed by atoms with Crippen molar-refractivity contribution < 1.29 is 9.59 Å². The molecule has 2 amide bonds. The fourth-order valence-electron chi connectivity index (χ4n) is 3.22. The van der Waals surface area contributed by atoms with Gasteiger partial charge in [0.25, 0.3) is 5.91 Å². The zero-order chi connectivity index (χ0) is 17.5. The van der Waals surface area contributed by atoms with E-state index in [0.29, 0.717) is 12.1 Å². The number of likely N-dealkylation sites (tertiary alicyclic amines) is 1. The number of hydrogen-bond donors (Lipinski definition) is 1. The number of piperidine rings is 1. The predicted molar refractivity (Wildman–Crippen MR) is 92.8 cm³/mol. The summed E-state index contributed by atoms with van der Waals surface area (Å²) < 4.78 is 1.55. The van der Waals surface area contributed by atoms with Crippen LogP contribution < -0.4 is 5.32 Å². The van der Waals surface area contributed by atoms with Gasteiger partial charge < -0.3 is 10.2 Å². The highest BCUT2D eigenvalue weighted by Gasteiger charge is 2.26. The molecule has 7 heteroatoms. The van der Waals surface area contributed by atoms with Gasteiger partial charge in [-0.1, -0.05) is 18.2 Å². The number of aromatic nitrogens is 3. The number of benzene rings is 1. The SMILES string of the molecule is O=C(NCCC1CCCCN1C(=O)Cn1cncn1)c1ccccc1. The van der Waals surface area contributed by atoms with Crippen molar-refractivity contribution in [3.05, 3.63) is 48.5 Å². The summed E-state index contributed by atoms with van der Waals surface area (Å²) >= 11 is 0. The molecule has 2 aromatic rings. The minimum atomic E-state index is -0.0723. The van der Waals surface area contributed by atoms with E-state index in [1.807, 2.05) is 23.1 Å². The lowest BCUT2D eigenvalue weighted by Crippen LogP contribution is -2.46. The summed E-state index contributed by atoms with van der Waals surface area (Å²) in [7, 11) is 0. The molecule has 1 aromatic carbocycles. The molecule has 1 unspecified atom stereocenters. The lowest BCUT2D eigenvalue weighted by Gasteiger charge is -2.36. The molecule has 0 aliphatic carbocycles. The summed E-state index contributed by atoms with van der Waals surface area (Å²) in [6.45, 7) is 1.54. The van der Waals surface area contributed by atoms with Crippen LogP contribution in [-0.4, -0.2) is 50.6 Å². The van der Waals surface area contributed by atoms with Crippen LogP contribution in [0.2, 0.25) is 0 Å². The van der Waals surface area contributed by atoms with Crippen molar-refractivity contribution in [1.82, 2.24) is 25.0 Å². The van der Waals surface area contributed by atoms with Gasteiger partial charge in [-0.25, -0.2) is 9.67 Å². The van der Waals surface area contributed by atoms with Gasteiger partial charge in [0.2, 0.25) is 5.91 Å². The Morgan fingerprint density at radius 2 is 2.04 bits per heavy atom. The fraction of sp³-hybridized carbons (Fsp3) is 0.444. The topological polar surface area (TPSA) is 80.1 Å². The first kappa shape index (κ1) is 17.1. The van der Waals surface area contributed by atoms with Gasteiger partial charge in [-0.15, -0.1) is 0 Å². The number of carbonyl (C=O) groups excluding carboxylic acids is 2. The fourth-order valence-corrected chi connectivity index (χ4v) is 3.22. The van der Waals surface area contributed by atoms with Crippen molar-refractivity contribution in [2.45, 2.75) is 38.3 Å². The highest BCUT2D eigenvalue weighted by atomic mass is 16.2. The van der Waals surface area contributed by atoms with E-state index in [4.69, 9.17) is 0 Å². The van der Waals surface area contributed by atoms with Gasteiger partial charge in [0.15, 0.2) is 0 Å². The van der Waals surface area contributed by atoms with Crippen molar-refractivity contribution in [3.63, 3.8) is 0 Å². The number of rotatable bonds is 6. The highest BCUT2D eigenvalue weighted by molar-refractivity contribution is 5.94. The molecule has 1 N–H and O–H groups in total. The Morgan fingerprint density at radius 3 is 2.80 bits per heavy atom. The molecule has 0 saturated carbocycles. The molecule has 1 fully saturated rings. The molecule has 1 aromatic heterocycles. The Hall–Kier alpha value is -2.70. The maximum atomic E-state index is 12.5. The summed E-state index contributed by atoms with van der Waals surface area (Å²) in [5.74, 6) is -0.0125. The first-order valence-electron chi connectivity index (χ1n) is 8.69. The zero-order valence-electron chi connectivity index (χ0n) is 14.2. The van der Waals surface area contributed by atoms with Crippen LogP contribution in [0.15, 0.2) is 43.0 Å². The Labute approximate surface area is 147 Å².